The third-order valence-corrected chi connectivity index (χ3v) is 4.57. The van der Waals surface area contributed by atoms with Gasteiger partial charge in [0, 0.05) is 24.6 Å². The Bertz CT molecular complexity index is 654. The van der Waals surface area contributed by atoms with Gasteiger partial charge in [-0.2, -0.15) is 0 Å². The third-order valence-electron chi connectivity index (χ3n) is 4.57. The number of anilines is 2. The predicted molar refractivity (Wildman–Crippen MR) is 99.1 cm³/mol. The van der Waals surface area contributed by atoms with Crippen LogP contribution in [0.4, 0.5) is 21.0 Å². The van der Waals surface area contributed by atoms with Crippen molar-refractivity contribution in [3.63, 3.8) is 0 Å². The first-order valence-electron chi connectivity index (χ1n) is 9.31. The summed E-state index contributed by atoms with van der Waals surface area (Å²) in [6, 6.07) is 5.20. The maximum absolute atomic E-state index is 12.0. The molecular weight excluding hydrogens is 352 g/mol. The van der Waals surface area contributed by atoms with Crippen LogP contribution in [0.25, 0.3) is 0 Å². The highest BCUT2D eigenvalue weighted by Gasteiger charge is 2.19. The number of nitrogens with one attached hydrogen (secondary N) is 2. The van der Waals surface area contributed by atoms with Crippen molar-refractivity contribution in [1.82, 2.24) is 0 Å². The Balaban J connectivity index is 1.47. The molecule has 0 saturated carbocycles. The Labute approximate surface area is 158 Å². The summed E-state index contributed by atoms with van der Waals surface area (Å²) >= 11 is 0. The molecule has 3 rings (SSSR count). The molecule has 0 unspecified atom stereocenters. The first-order valence-corrected chi connectivity index (χ1v) is 9.31. The van der Waals surface area contributed by atoms with E-state index < -0.39 is 12.2 Å². The van der Waals surface area contributed by atoms with Crippen LogP contribution in [0.3, 0.4) is 0 Å². The van der Waals surface area contributed by atoms with Crippen molar-refractivity contribution in [1.29, 1.82) is 0 Å². The molecule has 2 amide bonds. The molecule has 0 aliphatic carbocycles. The molecule has 1 aromatic carbocycles. The maximum Gasteiger partial charge on any atom is 0.411 e. The van der Waals surface area contributed by atoms with Gasteiger partial charge in [-0.3, -0.25) is 10.6 Å². The van der Waals surface area contributed by atoms with E-state index in [2.05, 4.69) is 10.6 Å². The van der Waals surface area contributed by atoms with Crippen LogP contribution >= 0.6 is 0 Å². The van der Waals surface area contributed by atoms with Crippen LogP contribution in [-0.4, -0.2) is 50.8 Å². The lowest BCUT2D eigenvalue weighted by Crippen LogP contribution is -2.22. The lowest BCUT2D eigenvalue weighted by Gasteiger charge is -2.14. The average Bonchev–Trinajstić information content (AvgIpc) is 3.35. The largest absolute Gasteiger partial charge is 0.447 e. The highest BCUT2D eigenvalue weighted by molar-refractivity contribution is 5.89. The van der Waals surface area contributed by atoms with Crippen molar-refractivity contribution >= 4 is 23.6 Å². The van der Waals surface area contributed by atoms with E-state index in [-0.39, 0.29) is 25.4 Å². The summed E-state index contributed by atoms with van der Waals surface area (Å²) in [7, 11) is 0. The summed E-state index contributed by atoms with van der Waals surface area (Å²) < 4.78 is 21.2. The van der Waals surface area contributed by atoms with Crippen molar-refractivity contribution in [3.8, 4) is 0 Å². The van der Waals surface area contributed by atoms with Gasteiger partial charge in [0.05, 0.1) is 12.2 Å². The number of carbonyl (C=O) groups excluding carboxylic acids is 2. The van der Waals surface area contributed by atoms with Crippen LogP contribution in [-0.2, 0) is 18.9 Å². The molecule has 2 atom stereocenters. The Morgan fingerprint density at radius 2 is 1.59 bits per heavy atom. The minimum absolute atomic E-state index is 0.0235. The van der Waals surface area contributed by atoms with Crippen molar-refractivity contribution in [2.75, 3.05) is 37.1 Å². The molecule has 0 bridgehead atoms. The Morgan fingerprint density at radius 1 is 1.00 bits per heavy atom. The van der Waals surface area contributed by atoms with Crippen LogP contribution < -0.4 is 10.6 Å². The third kappa shape index (κ3) is 6.11. The molecule has 0 aromatic heterocycles. The number of carbonyl (C=O) groups is 2. The molecule has 2 N–H and O–H groups in total. The van der Waals surface area contributed by atoms with Gasteiger partial charge in [0.25, 0.3) is 0 Å². The summed E-state index contributed by atoms with van der Waals surface area (Å²) in [5, 5.41) is 5.35. The molecule has 148 valence electrons. The van der Waals surface area contributed by atoms with Gasteiger partial charge in [-0.05, 0) is 50.3 Å². The monoisotopic (exact) mass is 378 g/mol. The van der Waals surface area contributed by atoms with E-state index in [1.165, 1.54) is 0 Å². The van der Waals surface area contributed by atoms with Crippen LogP contribution in [0.15, 0.2) is 18.2 Å². The molecule has 2 aliphatic rings. The van der Waals surface area contributed by atoms with E-state index in [0.29, 0.717) is 24.6 Å². The number of rotatable bonds is 6. The molecule has 0 spiro atoms. The SMILES string of the molecule is Cc1ccc(NC(=O)OC[C@@H]2CCCO2)cc1NC(=O)OC[C@@H]1CCCO1. The Morgan fingerprint density at radius 3 is 2.15 bits per heavy atom. The smallest absolute Gasteiger partial charge is 0.411 e. The molecule has 2 heterocycles. The normalized spacial score (nSPS) is 21.7. The minimum Gasteiger partial charge on any atom is -0.447 e. The fraction of sp³-hybridized carbons (Fsp3) is 0.579. The van der Waals surface area contributed by atoms with Crippen molar-refractivity contribution < 1.29 is 28.5 Å². The zero-order chi connectivity index (χ0) is 19.1. The molecule has 2 fully saturated rings. The summed E-state index contributed by atoms with van der Waals surface area (Å²) in [5.74, 6) is 0. The second-order valence-electron chi connectivity index (χ2n) is 6.75. The fourth-order valence-electron chi connectivity index (χ4n) is 3.02. The van der Waals surface area contributed by atoms with Crippen LogP contribution in [0.5, 0.6) is 0 Å². The van der Waals surface area contributed by atoms with E-state index in [9.17, 15) is 9.59 Å². The number of amides is 2. The van der Waals surface area contributed by atoms with Gasteiger partial charge < -0.3 is 18.9 Å². The maximum atomic E-state index is 12.0. The van der Waals surface area contributed by atoms with Gasteiger partial charge >= 0.3 is 12.2 Å². The Hall–Kier alpha value is -2.32. The molecule has 1 aromatic rings. The van der Waals surface area contributed by atoms with Crippen LogP contribution in [0.2, 0.25) is 0 Å². The predicted octanol–water partition coefficient (Wildman–Crippen LogP) is 3.45. The number of aryl methyl sites for hydroxylation is 1. The number of hydrogen-bond donors (Lipinski definition) is 2. The molecule has 2 saturated heterocycles. The topological polar surface area (TPSA) is 95.1 Å². The first kappa shape index (κ1) is 19.4. The van der Waals surface area contributed by atoms with E-state index >= 15 is 0 Å². The van der Waals surface area contributed by atoms with E-state index in [0.717, 1.165) is 31.2 Å². The van der Waals surface area contributed by atoms with Gasteiger partial charge in [-0.1, -0.05) is 6.07 Å². The lowest BCUT2D eigenvalue weighted by molar-refractivity contribution is 0.0484. The second kappa shape index (κ2) is 9.57. The molecule has 27 heavy (non-hydrogen) atoms. The molecule has 0 radical (unpaired) electrons. The Kier molecular flexibility index (Phi) is 6.89. The summed E-state index contributed by atoms with van der Waals surface area (Å²) in [4.78, 5) is 23.9. The van der Waals surface area contributed by atoms with Gasteiger partial charge in [-0.15, -0.1) is 0 Å². The van der Waals surface area contributed by atoms with Gasteiger partial charge in [-0.25, -0.2) is 9.59 Å². The molecule has 2 aliphatic heterocycles. The first-order chi connectivity index (χ1) is 13.1. The molecule has 8 nitrogen and oxygen atoms in total. The molecule has 8 heteroatoms. The highest BCUT2D eigenvalue weighted by Crippen LogP contribution is 2.21. The fourth-order valence-corrected chi connectivity index (χ4v) is 3.02. The summed E-state index contributed by atoms with van der Waals surface area (Å²) in [5.41, 5.74) is 1.93. The zero-order valence-corrected chi connectivity index (χ0v) is 15.5. The number of hydrogen-bond acceptors (Lipinski definition) is 6. The quantitative estimate of drug-likeness (QED) is 0.787. The summed E-state index contributed by atoms with van der Waals surface area (Å²) in [6.07, 6.45) is 2.64. The second-order valence-corrected chi connectivity index (χ2v) is 6.75. The number of ether oxygens (including phenoxy) is 4. The van der Waals surface area contributed by atoms with Crippen molar-refractivity contribution in [2.24, 2.45) is 0 Å². The minimum atomic E-state index is -0.554. The van der Waals surface area contributed by atoms with Gasteiger partial charge in [0.1, 0.15) is 13.2 Å². The number of benzene rings is 1. The van der Waals surface area contributed by atoms with Crippen molar-refractivity contribution in [2.45, 2.75) is 44.8 Å². The van der Waals surface area contributed by atoms with Crippen LogP contribution in [0, 0.1) is 6.92 Å². The van der Waals surface area contributed by atoms with Crippen molar-refractivity contribution in [3.05, 3.63) is 23.8 Å². The summed E-state index contributed by atoms with van der Waals surface area (Å²) in [6.45, 7) is 3.75. The van der Waals surface area contributed by atoms with E-state index in [1.54, 1.807) is 18.2 Å². The average molecular weight is 378 g/mol. The van der Waals surface area contributed by atoms with E-state index in [4.69, 9.17) is 18.9 Å². The van der Waals surface area contributed by atoms with Crippen LogP contribution in [0.1, 0.15) is 31.2 Å². The van der Waals surface area contributed by atoms with E-state index in [1.807, 2.05) is 6.92 Å². The van der Waals surface area contributed by atoms with Gasteiger partial charge in [0.15, 0.2) is 0 Å². The standard InChI is InChI=1S/C19H26N2O6/c1-13-6-7-14(20-18(22)26-11-15-4-2-8-24-15)10-17(13)21-19(23)27-12-16-5-3-9-25-16/h6-7,10,15-16H,2-5,8-9,11-12H2,1H3,(H,20,22)(H,21,23)/t15-,16-/m0/s1. The zero-order valence-electron chi connectivity index (χ0n) is 15.5. The molecular formula is C19H26N2O6. The van der Waals surface area contributed by atoms with Gasteiger partial charge in [0.2, 0.25) is 0 Å². The lowest BCUT2D eigenvalue weighted by atomic mass is 10.2. The highest BCUT2D eigenvalue weighted by atomic mass is 16.6.